The van der Waals surface area contributed by atoms with Crippen LogP contribution in [-0.2, 0) is 6.54 Å². The predicted molar refractivity (Wildman–Crippen MR) is 80.3 cm³/mol. The summed E-state index contributed by atoms with van der Waals surface area (Å²) in [4.78, 5) is 0. The molecule has 0 aliphatic rings. The Balaban J connectivity index is 2.77. The molecule has 0 radical (unpaired) electrons. The summed E-state index contributed by atoms with van der Waals surface area (Å²) in [6.07, 6.45) is 0. The Labute approximate surface area is 124 Å². The molecule has 19 heavy (non-hydrogen) atoms. The fraction of sp³-hybridized carbons (Fsp3) is 0.429. The normalized spacial score (nSPS) is 11.8. The molecule has 1 N–H and O–H groups in total. The highest BCUT2D eigenvalue weighted by atomic mass is 35.5. The highest BCUT2D eigenvalue weighted by molar-refractivity contribution is 6.36. The monoisotopic (exact) mass is 303 g/mol. The van der Waals surface area contributed by atoms with Gasteiger partial charge in [-0.05, 0) is 17.7 Å². The first-order chi connectivity index (χ1) is 9.06. The SMILES string of the molecule is COc1ccc(CNC(C)C)cc1OCC(Cl)=CCl. The fourth-order valence-corrected chi connectivity index (χ4v) is 1.56. The van der Waals surface area contributed by atoms with Gasteiger partial charge < -0.3 is 14.8 Å². The maximum absolute atomic E-state index is 5.80. The van der Waals surface area contributed by atoms with E-state index in [-0.39, 0.29) is 6.61 Å². The summed E-state index contributed by atoms with van der Waals surface area (Å²) >= 11 is 11.3. The van der Waals surface area contributed by atoms with E-state index >= 15 is 0 Å². The molecule has 3 nitrogen and oxygen atoms in total. The molecule has 1 aromatic carbocycles. The second-order valence-corrected chi connectivity index (χ2v) is 5.07. The number of ether oxygens (including phenoxy) is 2. The van der Waals surface area contributed by atoms with Gasteiger partial charge in [-0.1, -0.05) is 43.1 Å². The summed E-state index contributed by atoms with van der Waals surface area (Å²) in [5.74, 6) is 1.33. The summed E-state index contributed by atoms with van der Waals surface area (Å²) in [5.41, 5.74) is 2.41. The van der Waals surface area contributed by atoms with Crippen LogP contribution in [0.4, 0.5) is 0 Å². The third kappa shape index (κ3) is 5.72. The molecule has 0 unspecified atom stereocenters. The highest BCUT2D eigenvalue weighted by Gasteiger charge is 2.07. The Kier molecular flexibility index (Phi) is 7.06. The molecule has 0 aromatic heterocycles. The van der Waals surface area contributed by atoms with Crippen LogP contribution < -0.4 is 14.8 Å². The zero-order chi connectivity index (χ0) is 14.3. The zero-order valence-electron chi connectivity index (χ0n) is 11.4. The van der Waals surface area contributed by atoms with Crippen LogP contribution >= 0.6 is 23.2 Å². The van der Waals surface area contributed by atoms with Crippen molar-refractivity contribution in [3.63, 3.8) is 0 Å². The zero-order valence-corrected chi connectivity index (χ0v) is 12.9. The van der Waals surface area contributed by atoms with Crippen LogP contribution in [0.1, 0.15) is 19.4 Å². The average Bonchev–Trinajstić information content (AvgIpc) is 2.42. The minimum Gasteiger partial charge on any atom is -0.493 e. The number of hydrogen-bond acceptors (Lipinski definition) is 3. The van der Waals surface area contributed by atoms with Gasteiger partial charge >= 0.3 is 0 Å². The molecule has 5 heteroatoms. The van der Waals surface area contributed by atoms with Crippen molar-refractivity contribution in [2.75, 3.05) is 13.7 Å². The topological polar surface area (TPSA) is 30.5 Å². The van der Waals surface area contributed by atoms with Crippen LogP contribution in [0.3, 0.4) is 0 Å². The van der Waals surface area contributed by atoms with E-state index in [2.05, 4.69) is 19.2 Å². The van der Waals surface area contributed by atoms with Gasteiger partial charge in [-0.15, -0.1) is 0 Å². The maximum atomic E-state index is 5.80. The van der Waals surface area contributed by atoms with Crippen molar-refractivity contribution in [1.82, 2.24) is 5.32 Å². The summed E-state index contributed by atoms with van der Waals surface area (Å²) in [7, 11) is 1.60. The lowest BCUT2D eigenvalue weighted by molar-refractivity contribution is 0.323. The highest BCUT2D eigenvalue weighted by Crippen LogP contribution is 2.28. The second kappa shape index (κ2) is 8.31. The molecule has 0 aliphatic heterocycles. The number of methoxy groups -OCH3 is 1. The average molecular weight is 304 g/mol. The van der Waals surface area contributed by atoms with Gasteiger partial charge in [-0.2, -0.15) is 0 Å². The van der Waals surface area contributed by atoms with Crippen molar-refractivity contribution in [2.24, 2.45) is 0 Å². The summed E-state index contributed by atoms with van der Waals surface area (Å²) in [6.45, 7) is 5.21. The first-order valence-corrected chi connectivity index (χ1v) is 6.86. The minimum atomic E-state index is 0.225. The van der Waals surface area contributed by atoms with Crippen LogP contribution in [0.15, 0.2) is 28.8 Å². The standard InChI is InChI=1S/C14H19Cl2NO2/c1-10(2)17-8-11-4-5-13(18-3)14(6-11)19-9-12(16)7-15/h4-7,10,17H,8-9H2,1-3H3. The van der Waals surface area contributed by atoms with Crippen LogP contribution in [0.25, 0.3) is 0 Å². The van der Waals surface area contributed by atoms with Gasteiger partial charge in [0.2, 0.25) is 0 Å². The van der Waals surface area contributed by atoms with E-state index in [1.807, 2.05) is 18.2 Å². The third-order valence-electron chi connectivity index (χ3n) is 2.43. The van der Waals surface area contributed by atoms with Crippen LogP contribution in [-0.4, -0.2) is 19.8 Å². The van der Waals surface area contributed by atoms with Gasteiger partial charge in [0.15, 0.2) is 11.5 Å². The van der Waals surface area contributed by atoms with Crippen LogP contribution in [0, 0.1) is 0 Å². The molecule has 0 heterocycles. The van der Waals surface area contributed by atoms with Crippen molar-refractivity contribution in [3.05, 3.63) is 34.3 Å². The third-order valence-corrected chi connectivity index (χ3v) is 3.02. The second-order valence-electron chi connectivity index (χ2n) is 4.37. The molecule has 0 bridgehead atoms. The molecule has 0 fully saturated rings. The molecule has 106 valence electrons. The van der Waals surface area contributed by atoms with Crippen molar-refractivity contribution >= 4 is 23.2 Å². The number of hydrogen-bond donors (Lipinski definition) is 1. The summed E-state index contributed by atoms with van der Waals surface area (Å²) in [6, 6.07) is 6.25. The van der Waals surface area contributed by atoms with E-state index in [1.165, 1.54) is 5.54 Å². The number of nitrogens with one attached hydrogen (secondary N) is 1. The minimum absolute atomic E-state index is 0.225. The Hall–Kier alpha value is -0.900. The van der Waals surface area contributed by atoms with E-state index in [0.717, 1.165) is 12.1 Å². The van der Waals surface area contributed by atoms with Gasteiger partial charge in [0, 0.05) is 18.1 Å². The first-order valence-electron chi connectivity index (χ1n) is 6.04. The van der Waals surface area contributed by atoms with Gasteiger partial charge in [0.05, 0.1) is 12.1 Å². The van der Waals surface area contributed by atoms with Crippen molar-refractivity contribution < 1.29 is 9.47 Å². The number of halogens is 2. The molecule has 1 rings (SSSR count). The molecule has 0 amide bonds. The fourth-order valence-electron chi connectivity index (χ4n) is 1.44. The smallest absolute Gasteiger partial charge is 0.162 e. The Morgan fingerprint density at radius 2 is 2.11 bits per heavy atom. The first kappa shape index (κ1) is 16.2. The van der Waals surface area contributed by atoms with Crippen LogP contribution in [0.2, 0.25) is 0 Å². The van der Waals surface area contributed by atoms with Gasteiger partial charge in [-0.3, -0.25) is 0 Å². The molecule has 0 saturated carbocycles. The Bertz CT molecular complexity index is 433. The Morgan fingerprint density at radius 3 is 2.68 bits per heavy atom. The van der Waals surface area contributed by atoms with Gasteiger partial charge in [-0.25, -0.2) is 0 Å². The maximum Gasteiger partial charge on any atom is 0.162 e. The molecule has 0 atom stereocenters. The molecular formula is C14H19Cl2NO2. The lowest BCUT2D eigenvalue weighted by Gasteiger charge is -2.13. The largest absolute Gasteiger partial charge is 0.493 e. The van der Waals surface area contributed by atoms with E-state index in [9.17, 15) is 0 Å². The van der Waals surface area contributed by atoms with Gasteiger partial charge in [0.25, 0.3) is 0 Å². The quantitative estimate of drug-likeness (QED) is 0.829. The Morgan fingerprint density at radius 1 is 1.37 bits per heavy atom. The lowest BCUT2D eigenvalue weighted by Crippen LogP contribution is -2.21. The summed E-state index contributed by atoms with van der Waals surface area (Å²) < 4.78 is 10.8. The molecule has 0 saturated heterocycles. The number of rotatable bonds is 7. The van der Waals surface area contributed by atoms with E-state index in [0.29, 0.717) is 22.6 Å². The van der Waals surface area contributed by atoms with Crippen molar-refractivity contribution in [1.29, 1.82) is 0 Å². The molecule has 0 aliphatic carbocycles. The number of benzene rings is 1. The molecule has 0 spiro atoms. The van der Waals surface area contributed by atoms with E-state index < -0.39 is 0 Å². The summed E-state index contributed by atoms with van der Waals surface area (Å²) in [5, 5.41) is 3.79. The molecular weight excluding hydrogens is 285 g/mol. The van der Waals surface area contributed by atoms with Crippen molar-refractivity contribution in [2.45, 2.75) is 26.4 Å². The van der Waals surface area contributed by atoms with Crippen molar-refractivity contribution in [3.8, 4) is 11.5 Å². The molecule has 1 aromatic rings. The predicted octanol–water partition coefficient (Wildman–Crippen LogP) is 3.89. The van der Waals surface area contributed by atoms with E-state index in [1.54, 1.807) is 7.11 Å². The van der Waals surface area contributed by atoms with E-state index in [4.69, 9.17) is 32.7 Å². The lowest BCUT2D eigenvalue weighted by atomic mass is 10.2. The van der Waals surface area contributed by atoms with Gasteiger partial charge in [0.1, 0.15) is 6.61 Å². The van der Waals surface area contributed by atoms with Crippen LogP contribution in [0.5, 0.6) is 11.5 Å².